The predicted octanol–water partition coefficient (Wildman–Crippen LogP) is 2.27. The Kier molecular flexibility index (Phi) is 6.74. The van der Waals surface area contributed by atoms with Crippen LogP contribution < -0.4 is 5.32 Å². The quantitative estimate of drug-likeness (QED) is 0.533. The van der Waals surface area contributed by atoms with E-state index in [1.54, 1.807) is 0 Å². The van der Waals surface area contributed by atoms with Gasteiger partial charge < -0.3 is 10.1 Å². The van der Waals surface area contributed by atoms with Gasteiger partial charge in [-0.3, -0.25) is 0 Å². The summed E-state index contributed by atoms with van der Waals surface area (Å²) in [4.78, 5) is 0. The number of alkyl halides is 1. The fourth-order valence-corrected chi connectivity index (χ4v) is 0.942. The Balaban J connectivity index is 3.18. The minimum atomic E-state index is -0.0280. The van der Waals surface area contributed by atoms with Crippen LogP contribution in [-0.2, 0) is 4.74 Å². The minimum absolute atomic E-state index is 0.0280. The molecule has 0 aromatic heterocycles. The first-order valence-electron chi connectivity index (χ1n) is 4.86. The maximum atomic E-state index is 5.67. The highest BCUT2D eigenvalue weighted by Crippen LogP contribution is 2.05. The molecular formula is C10H22ClNO. The fraction of sp³-hybridized carbons (Fsp3) is 1.00. The molecule has 0 aliphatic rings. The second-order valence-corrected chi connectivity index (χ2v) is 4.73. The molecule has 0 rings (SSSR count). The second kappa shape index (κ2) is 6.63. The molecule has 0 aromatic carbocycles. The molecule has 80 valence electrons. The minimum Gasteiger partial charge on any atom is -0.375 e. The van der Waals surface area contributed by atoms with E-state index in [0.717, 1.165) is 19.7 Å². The lowest BCUT2D eigenvalue weighted by Gasteiger charge is -2.19. The van der Waals surface area contributed by atoms with Crippen LogP contribution in [0.3, 0.4) is 0 Å². The monoisotopic (exact) mass is 207 g/mol. The molecule has 1 atom stereocenters. The first-order valence-corrected chi connectivity index (χ1v) is 5.40. The van der Waals surface area contributed by atoms with Crippen LogP contribution in [0.2, 0.25) is 0 Å². The molecule has 1 unspecified atom stereocenters. The van der Waals surface area contributed by atoms with Gasteiger partial charge in [0.05, 0.1) is 12.2 Å². The number of hydrogen-bond acceptors (Lipinski definition) is 2. The van der Waals surface area contributed by atoms with Gasteiger partial charge in [-0.1, -0.05) is 6.92 Å². The van der Waals surface area contributed by atoms with Gasteiger partial charge in [0, 0.05) is 12.4 Å². The summed E-state index contributed by atoms with van der Waals surface area (Å²) in [6.07, 6.45) is 0. The van der Waals surface area contributed by atoms with Crippen LogP contribution in [0.1, 0.15) is 27.7 Å². The molecule has 0 saturated heterocycles. The summed E-state index contributed by atoms with van der Waals surface area (Å²) in [6, 6.07) is 0. The highest BCUT2D eigenvalue weighted by atomic mass is 35.5. The van der Waals surface area contributed by atoms with Crippen LogP contribution in [0.15, 0.2) is 0 Å². The Morgan fingerprint density at radius 1 is 1.38 bits per heavy atom. The van der Waals surface area contributed by atoms with Crippen LogP contribution in [-0.4, -0.2) is 31.2 Å². The molecule has 0 radical (unpaired) electrons. The number of nitrogens with one attached hydrogen (secondary N) is 1. The Hall–Kier alpha value is 0.210. The Morgan fingerprint density at radius 2 is 2.00 bits per heavy atom. The molecule has 0 aliphatic heterocycles. The molecule has 0 saturated carbocycles. The molecular weight excluding hydrogens is 186 g/mol. The Morgan fingerprint density at radius 3 is 2.46 bits per heavy atom. The summed E-state index contributed by atoms with van der Waals surface area (Å²) >= 11 is 5.67. The zero-order valence-electron chi connectivity index (χ0n) is 9.19. The Bertz CT molecular complexity index is 123. The van der Waals surface area contributed by atoms with E-state index < -0.39 is 0 Å². The lowest BCUT2D eigenvalue weighted by atomic mass is 10.2. The van der Waals surface area contributed by atoms with E-state index in [2.05, 4.69) is 33.0 Å². The van der Waals surface area contributed by atoms with Crippen LogP contribution in [0.4, 0.5) is 0 Å². The van der Waals surface area contributed by atoms with Gasteiger partial charge in [-0.2, -0.15) is 0 Å². The van der Waals surface area contributed by atoms with E-state index in [9.17, 15) is 0 Å². The van der Waals surface area contributed by atoms with Crippen LogP contribution in [0, 0.1) is 5.92 Å². The van der Waals surface area contributed by atoms with Crippen LogP contribution in [0.25, 0.3) is 0 Å². The maximum absolute atomic E-state index is 5.67. The van der Waals surface area contributed by atoms with Crippen LogP contribution in [0.5, 0.6) is 0 Å². The van der Waals surface area contributed by atoms with Crippen molar-refractivity contribution in [3.05, 3.63) is 0 Å². The molecule has 0 spiro atoms. The van der Waals surface area contributed by atoms with Crippen molar-refractivity contribution in [2.75, 3.05) is 25.6 Å². The highest BCUT2D eigenvalue weighted by molar-refractivity contribution is 6.18. The van der Waals surface area contributed by atoms with E-state index in [-0.39, 0.29) is 5.60 Å². The third kappa shape index (κ3) is 10.1. The third-order valence-electron chi connectivity index (χ3n) is 1.57. The standard InChI is InChI=1S/C10H22ClNO/c1-9(7-11)8-12-5-6-13-10(2,3)4/h9,12H,5-8H2,1-4H3. The zero-order chi connectivity index (χ0) is 10.3. The molecule has 0 aliphatic carbocycles. The van der Waals surface area contributed by atoms with Crippen molar-refractivity contribution in [3.63, 3.8) is 0 Å². The smallest absolute Gasteiger partial charge is 0.0599 e. The third-order valence-corrected chi connectivity index (χ3v) is 2.10. The van der Waals surface area contributed by atoms with Gasteiger partial charge in [-0.15, -0.1) is 11.6 Å². The zero-order valence-corrected chi connectivity index (χ0v) is 9.95. The normalized spacial score (nSPS) is 14.5. The van der Waals surface area contributed by atoms with E-state index in [4.69, 9.17) is 16.3 Å². The fourth-order valence-electron chi connectivity index (χ4n) is 0.832. The number of ether oxygens (including phenoxy) is 1. The van der Waals surface area contributed by atoms with Gasteiger partial charge in [0.1, 0.15) is 0 Å². The molecule has 0 bridgehead atoms. The van der Waals surface area contributed by atoms with Gasteiger partial charge in [0.15, 0.2) is 0 Å². The van der Waals surface area contributed by atoms with Gasteiger partial charge in [-0.05, 0) is 33.2 Å². The molecule has 0 aromatic rings. The van der Waals surface area contributed by atoms with Crippen molar-refractivity contribution < 1.29 is 4.74 Å². The molecule has 0 heterocycles. The average molecular weight is 208 g/mol. The van der Waals surface area contributed by atoms with Gasteiger partial charge in [-0.25, -0.2) is 0 Å². The summed E-state index contributed by atoms with van der Waals surface area (Å²) in [6.45, 7) is 11.0. The van der Waals surface area contributed by atoms with Gasteiger partial charge in [0.25, 0.3) is 0 Å². The van der Waals surface area contributed by atoms with Crippen molar-refractivity contribution in [2.24, 2.45) is 5.92 Å². The van der Waals surface area contributed by atoms with Crippen molar-refractivity contribution in [1.29, 1.82) is 0 Å². The number of rotatable bonds is 6. The molecule has 3 heteroatoms. The van der Waals surface area contributed by atoms with E-state index in [0.29, 0.717) is 11.8 Å². The topological polar surface area (TPSA) is 21.3 Å². The van der Waals surface area contributed by atoms with Crippen LogP contribution >= 0.6 is 11.6 Å². The van der Waals surface area contributed by atoms with Crippen molar-refractivity contribution in [3.8, 4) is 0 Å². The number of hydrogen-bond donors (Lipinski definition) is 1. The summed E-state index contributed by atoms with van der Waals surface area (Å²) < 4.78 is 5.55. The highest BCUT2D eigenvalue weighted by Gasteiger charge is 2.08. The van der Waals surface area contributed by atoms with E-state index in [1.807, 2.05) is 0 Å². The van der Waals surface area contributed by atoms with E-state index in [1.165, 1.54) is 0 Å². The number of halogens is 1. The molecule has 0 amide bonds. The van der Waals surface area contributed by atoms with Crippen molar-refractivity contribution in [2.45, 2.75) is 33.3 Å². The average Bonchev–Trinajstić information content (AvgIpc) is 2.01. The van der Waals surface area contributed by atoms with Gasteiger partial charge >= 0.3 is 0 Å². The molecule has 0 fully saturated rings. The summed E-state index contributed by atoms with van der Waals surface area (Å²) in [5.74, 6) is 1.25. The summed E-state index contributed by atoms with van der Waals surface area (Å²) in [5.41, 5.74) is -0.0280. The molecule has 1 N–H and O–H groups in total. The first kappa shape index (κ1) is 13.2. The Labute approximate surface area is 87.0 Å². The van der Waals surface area contributed by atoms with Crippen molar-refractivity contribution in [1.82, 2.24) is 5.32 Å². The molecule has 2 nitrogen and oxygen atoms in total. The van der Waals surface area contributed by atoms with Crippen molar-refractivity contribution >= 4 is 11.6 Å². The predicted molar refractivity (Wildman–Crippen MR) is 58.5 cm³/mol. The largest absolute Gasteiger partial charge is 0.375 e. The second-order valence-electron chi connectivity index (χ2n) is 4.42. The summed E-state index contributed by atoms with van der Waals surface area (Å²) in [7, 11) is 0. The first-order chi connectivity index (χ1) is 5.95. The SMILES string of the molecule is CC(CCl)CNCCOC(C)(C)C. The lowest BCUT2D eigenvalue weighted by Crippen LogP contribution is -2.29. The molecule has 13 heavy (non-hydrogen) atoms. The lowest BCUT2D eigenvalue weighted by molar-refractivity contribution is -0.000910. The van der Waals surface area contributed by atoms with E-state index >= 15 is 0 Å². The maximum Gasteiger partial charge on any atom is 0.0599 e. The van der Waals surface area contributed by atoms with Gasteiger partial charge in [0.2, 0.25) is 0 Å². The summed E-state index contributed by atoms with van der Waals surface area (Å²) in [5, 5.41) is 3.30.